The standard InChI is InChI=1S/C17H18FN3O4.C2H6/c1-10-4-7-14(13(18)8-10)20-16-12(6-5-11(2)19-16)17(23)21-25-9-15(22)24-3;1-2/h4-8H,9H2,1-3H3,(H,19,20)(H,21,23);1-2H3. The van der Waals surface area contributed by atoms with Gasteiger partial charge in [-0.2, -0.15) is 0 Å². The van der Waals surface area contributed by atoms with Crippen LogP contribution < -0.4 is 10.8 Å². The largest absolute Gasteiger partial charge is 0.467 e. The normalized spacial score (nSPS) is 9.70. The van der Waals surface area contributed by atoms with Gasteiger partial charge in [0.2, 0.25) is 0 Å². The van der Waals surface area contributed by atoms with Gasteiger partial charge < -0.3 is 10.1 Å². The van der Waals surface area contributed by atoms with Gasteiger partial charge in [0, 0.05) is 5.69 Å². The number of methoxy groups -OCH3 is 1. The van der Waals surface area contributed by atoms with Crippen molar-refractivity contribution in [3.05, 3.63) is 53.0 Å². The number of benzene rings is 1. The first-order valence-corrected chi connectivity index (χ1v) is 8.40. The predicted octanol–water partition coefficient (Wildman–Crippen LogP) is 3.44. The Morgan fingerprint density at radius 2 is 1.85 bits per heavy atom. The van der Waals surface area contributed by atoms with Crippen molar-refractivity contribution in [1.29, 1.82) is 0 Å². The second kappa shape index (κ2) is 10.9. The van der Waals surface area contributed by atoms with Crippen LogP contribution in [0.1, 0.15) is 35.5 Å². The molecule has 1 amide bonds. The van der Waals surface area contributed by atoms with Crippen molar-refractivity contribution in [2.75, 3.05) is 19.0 Å². The van der Waals surface area contributed by atoms with Crippen LogP contribution in [0.4, 0.5) is 15.9 Å². The SMILES string of the molecule is CC.COC(=O)CONC(=O)c1ccc(C)nc1Nc1ccc(C)cc1F. The van der Waals surface area contributed by atoms with E-state index in [0.717, 1.165) is 5.56 Å². The summed E-state index contributed by atoms with van der Waals surface area (Å²) < 4.78 is 18.4. The van der Waals surface area contributed by atoms with Crippen LogP contribution in [0, 0.1) is 19.7 Å². The highest BCUT2D eigenvalue weighted by atomic mass is 19.1. The minimum absolute atomic E-state index is 0.135. The van der Waals surface area contributed by atoms with E-state index in [2.05, 4.69) is 20.5 Å². The lowest BCUT2D eigenvalue weighted by atomic mass is 10.2. The minimum Gasteiger partial charge on any atom is -0.467 e. The van der Waals surface area contributed by atoms with E-state index in [1.807, 2.05) is 13.8 Å². The highest BCUT2D eigenvalue weighted by Gasteiger charge is 2.15. The quantitative estimate of drug-likeness (QED) is 0.592. The Kier molecular flexibility index (Phi) is 8.87. The van der Waals surface area contributed by atoms with Crippen molar-refractivity contribution in [2.24, 2.45) is 0 Å². The van der Waals surface area contributed by atoms with Crippen LogP contribution >= 0.6 is 0 Å². The summed E-state index contributed by atoms with van der Waals surface area (Å²) in [7, 11) is 1.20. The summed E-state index contributed by atoms with van der Waals surface area (Å²) >= 11 is 0. The summed E-state index contributed by atoms with van der Waals surface area (Å²) in [4.78, 5) is 32.2. The minimum atomic E-state index is -0.637. The second-order valence-corrected chi connectivity index (χ2v) is 5.25. The van der Waals surface area contributed by atoms with Gasteiger partial charge in [0.25, 0.3) is 5.91 Å². The van der Waals surface area contributed by atoms with Crippen molar-refractivity contribution >= 4 is 23.4 Å². The molecule has 27 heavy (non-hydrogen) atoms. The van der Waals surface area contributed by atoms with Crippen molar-refractivity contribution in [1.82, 2.24) is 10.5 Å². The van der Waals surface area contributed by atoms with E-state index in [1.165, 1.54) is 19.2 Å². The van der Waals surface area contributed by atoms with E-state index >= 15 is 0 Å². The molecule has 1 aromatic carbocycles. The lowest BCUT2D eigenvalue weighted by Gasteiger charge is -2.13. The maximum atomic E-state index is 14.0. The lowest BCUT2D eigenvalue weighted by molar-refractivity contribution is -0.147. The smallest absolute Gasteiger partial charge is 0.334 e. The van der Waals surface area contributed by atoms with Crippen LogP contribution in [-0.2, 0) is 14.4 Å². The maximum absolute atomic E-state index is 14.0. The van der Waals surface area contributed by atoms with Crippen LogP contribution in [0.2, 0.25) is 0 Å². The fourth-order valence-corrected chi connectivity index (χ4v) is 1.96. The number of anilines is 2. The number of hydroxylamine groups is 1. The van der Waals surface area contributed by atoms with Gasteiger partial charge in [-0.05, 0) is 43.7 Å². The molecule has 0 unspecified atom stereocenters. The molecule has 2 N–H and O–H groups in total. The summed E-state index contributed by atoms with van der Waals surface area (Å²) in [6.45, 7) is 7.08. The van der Waals surface area contributed by atoms with E-state index in [-0.39, 0.29) is 17.1 Å². The molecule has 0 bridgehead atoms. The van der Waals surface area contributed by atoms with Crippen molar-refractivity contribution in [3.8, 4) is 0 Å². The zero-order chi connectivity index (χ0) is 20.4. The molecule has 0 saturated carbocycles. The molecule has 0 atom stereocenters. The predicted molar refractivity (Wildman–Crippen MR) is 100 cm³/mol. The van der Waals surface area contributed by atoms with E-state index in [1.54, 1.807) is 32.0 Å². The number of aryl methyl sites for hydroxylation is 2. The van der Waals surface area contributed by atoms with Crippen molar-refractivity contribution in [2.45, 2.75) is 27.7 Å². The van der Waals surface area contributed by atoms with Gasteiger partial charge in [-0.15, -0.1) is 0 Å². The van der Waals surface area contributed by atoms with Gasteiger partial charge in [0.1, 0.15) is 11.6 Å². The number of carbonyl (C=O) groups excluding carboxylic acids is 2. The highest BCUT2D eigenvalue weighted by molar-refractivity contribution is 5.98. The van der Waals surface area contributed by atoms with Crippen LogP contribution in [0.5, 0.6) is 0 Å². The third kappa shape index (κ3) is 6.67. The monoisotopic (exact) mass is 377 g/mol. The Morgan fingerprint density at radius 3 is 2.48 bits per heavy atom. The maximum Gasteiger partial charge on any atom is 0.334 e. The highest BCUT2D eigenvalue weighted by Crippen LogP contribution is 2.22. The molecule has 2 rings (SSSR count). The number of nitrogens with zero attached hydrogens (tertiary/aromatic N) is 1. The summed E-state index contributed by atoms with van der Waals surface area (Å²) in [5.74, 6) is -1.56. The number of aromatic nitrogens is 1. The van der Waals surface area contributed by atoms with E-state index in [9.17, 15) is 14.0 Å². The van der Waals surface area contributed by atoms with Crippen LogP contribution in [0.15, 0.2) is 30.3 Å². The molecule has 0 aliphatic carbocycles. The molecule has 0 radical (unpaired) electrons. The van der Waals surface area contributed by atoms with E-state index < -0.39 is 24.3 Å². The van der Waals surface area contributed by atoms with E-state index in [4.69, 9.17) is 4.84 Å². The second-order valence-electron chi connectivity index (χ2n) is 5.25. The molecule has 2 aromatic rings. The molecule has 0 aliphatic rings. The molecule has 0 fully saturated rings. The Morgan fingerprint density at radius 1 is 1.15 bits per heavy atom. The number of hydrogen-bond acceptors (Lipinski definition) is 6. The fourth-order valence-electron chi connectivity index (χ4n) is 1.96. The average molecular weight is 377 g/mol. The molecule has 1 aromatic heterocycles. The van der Waals surface area contributed by atoms with Gasteiger partial charge in [-0.3, -0.25) is 9.63 Å². The topological polar surface area (TPSA) is 89.5 Å². The number of ether oxygens (including phenoxy) is 1. The van der Waals surface area contributed by atoms with Crippen molar-refractivity contribution < 1.29 is 23.6 Å². The van der Waals surface area contributed by atoms with Gasteiger partial charge in [0.15, 0.2) is 6.61 Å². The first-order chi connectivity index (χ1) is 12.9. The Bertz CT molecular complexity index is 797. The molecule has 146 valence electrons. The number of halogens is 1. The summed E-state index contributed by atoms with van der Waals surface area (Å²) in [6.07, 6.45) is 0. The molecule has 0 spiro atoms. The molecule has 0 saturated heterocycles. The Hall–Kier alpha value is -3.00. The number of rotatable bonds is 6. The number of esters is 1. The fraction of sp³-hybridized carbons (Fsp3) is 0.316. The Balaban J connectivity index is 0.00000176. The molecule has 0 aliphatic heterocycles. The van der Waals surface area contributed by atoms with Crippen molar-refractivity contribution in [3.63, 3.8) is 0 Å². The zero-order valence-corrected chi connectivity index (χ0v) is 16.1. The zero-order valence-electron chi connectivity index (χ0n) is 16.1. The Labute approximate surface area is 157 Å². The summed E-state index contributed by atoms with van der Waals surface area (Å²) in [5.41, 5.74) is 3.86. The molecular formula is C19H24FN3O4. The lowest BCUT2D eigenvalue weighted by Crippen LogP contribution is -2.28. The van der Waals surface area contributed by atoms with Gasteiger partial charge in [0.05, 0.1) is 18.4 Å². The van der Waals surface area contributed by atoms with Gasteiger partial charge in [-0.25, -0.2) is 19.6 Å². The summed E-state index contributed by atoms with van der Waals surface area (Å²) in [5, 5.41) is 2.81. The molecular weight excluding hydrogens is 353 g/mol. The number of nitrogens with one attached hydrogen (secondary N) is 2. The average Bonchev–Trinajstić information content (AvgIpc) is 2.65. The molecule has 8 heteroatoms. The third-order valence-corrected chi connectivity index (χ3v) is 3.24. The van der Waals surface area contributed by atoms with Crippen LogP contribution in [-0.4, -0.2) is 30.6 Å². The number of amides is 1. The molecule has 7 nitrogen and oxygen atoms in total. The number of hydrogen-bond donors (Lipinski definition) is 2. The van der Waals surface area contributed by atoms with E-state index in [0.29, 0.717) is 5.69 Å². The number of carbonyl (C=O) groups is 2. The van der Waals surface area contributed by atoms with Crippen LogP contribution in [0.3, 0.4) is 0 Å². The van der Waals surface area contributed by atoms with Gasteiger partial charge >= 0.3 is 5.97 Å². The summed E-state index contributed by atoms with van der Waals surface area (Å²) in [6, 6.07) is 7.82. The molecule has 1 heterocycles. The van der Waals surface area contributed by atoms with Gasteiger partial charge in [-0.1, -0.05) is 19.9 Å². The van der Waals surface area contributed by atoms with Crippen LogP contribution in [0.25, 0.3) is 0 Å². The first-order valence-electron chi connectivity index (χ1n) is 8.40. The first kappa shape index (κ1) is 22.0. The number of pyridine rings is 1. The third-order valence-electron chi connectivity index (χ3n) is 3.24.